The summed E-state index contributed by atoms with van der Waals surface area (Å²) in [5.74, 6) is -0.265. The van der Waals surface area contributed by atoms with E-state index in [4.69, 9.17) is 10.5 Å². The molecule has 0 aliphatic carbocycles. The molecule has 0 radical (unpaired) electrons. The van der Waals surface area contributed by atoms with Gasteiger partial charge in [-0.15, -0.1) is 0 Å². The van der Waals surface area contributed by atoms with E-state index in [9.17, 15) is 13.2 Å². The van der Waals surface area contributed by atoms with Crippen molar-refractivity contribution in [1.82, 2.24) is 4.31 Å². The first-order chi connectivity index (χ1) is 9.73. The van der Waals surface area contributed by atoms with Crippen molar-refractivity contribution in [3.63, 3.8) is 0 Å². The maximum Gasteiger partial charge on any atom is 0.306 e. The van der Waals surface area contributed by atoms with Gasteiger partial charge in [0.25, 0.3) is 0 Å². The van der Waals surface area contributed by atoms with E-state index in [0.717, 1.165) is 9.87 Å². The molecule has 0 unspecified atom stereocenters. The van der Waals surface area contributed by atoms with E-state index in [2.05, 4.69) is 4.74 Å². The van der Waals surface area contributed by atoms with Crippen molar-refractivity contribution in [3.05, 3.63) is 17.7 Å². The Morgan fingerprint density at radius 3 is 2.48 bits per heavy atom. The van der Waals surface area contributed by atoms with E-state index in [1.807, 2.05) is 0 Å². The Kier molecular flexibility index (Phi) is 5.56. The van der Waals surface area contributed by atoms with Crippen LogP contribution >= 0.6 is 0 Å². The topological polar surface area (TPSA) is 98.9 Å². The van der Waals surface area contributed by atoms with E-state index < -0.39 is 16.0 Å². The number of benzene rings is 1. The van der Waals surface area contributed by atoms with Gasteiger partial charge in [-0.2, -0.15) is 0 Å². The van der Waals surface area contributed by atoms with Crippen LogP contribution in [0.3, 0.4) is 0 Å². The highest BCUT2D eigenvalue weighted by atomic mass is 32.2. The van der Waals surface area contributed by atoms with E-state index in [1.54, 1.807) is 13.0 Å². The lowest BCUT2D eigenvalue weighted by Crippen LogP contribution is -2.30. The van der Waals surface area contributed by atoms with Gasteiger partial charge in [-0.05, 0) is 24.6 Å². The molecule has 1 aromatic rings. The van der Waals surface area contributed by atoms with Crippen LogP contribution < -0.4 is 10.5 Å². The molecule has 0 fully saturated rings. The minimum absolute atomic E-state index is 0.00589. The number of nitrogens with two attached hydrogens (primary N) is 1. The minimum atomic E-state index is -3.80. The normalized spacial score (nSPS) is 11.5. The van der Waals surface area contributed by atoms with E-state index in [-0.39, 0.29) is 23.6 Å². The van der Waals surface area contributed by atoms with Gasteiger partial charge in [-0.1, -0.05) is 0 Å². The molecule has 8 heteroatoms. The van der Waals surface area contributed by atoms with E-state index in [1.165, 1.54) is 27.3 Å². The number of rotatable bonds is 6. The molecule has 21 heavy (non-hydrogen) atoms. The van der Waals surface area contributed by atoms with Gasteiger partial charge in [-0.3, -0.25) is 4.79 Å². The number of hydrogen-bond donors (Lipinski definition) is 1. The molecular weight excluding hydrogens is 296 g/mol. The quantitative estimate of drug-likeness (QED) is 0.615. The van der Waals surface area contributed by atoms with Crippen LogP contribution in [-0.2, 0) is 19.6 Å². The maximum absolute atomic E-state index is 12.5. The smallest absolute Gasteiger partial charge is 0.306 e. The second kappa shape index (κ2) is 6.77. The summed E-state index contributed by atoms with van der Waals surface area (Å²) in [6, 6.07) is 2.93. The Bertz CT molecular complexity index is 628. The van der Waals surface area contributed by atoms with Gasteiger partial charge in [0, 0.05) is 19.3 Å². The van der Waals surface area contributed by atoms with Crippen molar-refractivity contribution in [3.8, 4) is 5.75 Å². The summed E-state index contributed by atoms with van der Waals surface area (Å²) in [7, 11) is 0.216. The van der Waals surface area contributed by atoms with Crippen LogP contribution in [0, 0.1) is 6.92 Å². The average molecular weight is 316 g/mol. The van der Waals surface area contributed by atoms with Crippen LogP contribution in [0.1, 0.15) is 12.0 Å². The number of carbonyl (C=O) groups is 1. The molecule has 2 N–H and O–H groups in total. The molecule has 118 valence electrons. The van der Waals surface area contributed by atoms with Gasteiger partial charge in [0.15, 0.2) is 0 Å². The molecule has 1 aromatic carbocycles. The van der Waals surface area contributed by atoms with Crippen LogP contribution in [0.5, 0.6) is 5.75 Å². The van der Waals surface area contributed by atoms with Crippen LogP contribution in [0.2, 0.25) is 0 Å². The standard InChI is InChI=1S/C13H20N2O5S/c1-9-7-11(19-3)12(8-10(9)14)21(17,18)15(2)6-5-13(16)20-4/h7-8H,5-6,14H2,1-4H3. The zero-order valence-corrected chi connectivity index (χ0v) is 13.4. The molecule has 1 rings (SSSR count). The minimum Gasteiger partial charge on any atom is -0.495 e. The summed E-state index contributed by atoms with van der Waals surface area (Å²) in [6.07, 6.45) is -0.0319. The number of esters is 1. The van der Waals surface area contributed by atoms with Crippen molar-refractivity contribution in [2.24, 2.45) is 0 Å². The fourth-order valence-electron chi connectivity index (χ4n) is 1.68. The van der Waals surface area contributed by atoms with Gasteiger partial charge >= 0.3 is 5.97 Å². The van der Waals surface area contributed by atoms with Crippen LogP contribution in [0.4, 0.5) is 5.69 Å². The number of hydrogen-bond acceptors (Lipinski definition) is 6. The van der Waals surface area contributed by atoms with E-state index in [0.29, 0.717) is 5.69 Å². The van der Waals surface area contributed by atoms with Gasteiger partial charge < -0.3 is 15.2 Å². The van der Waals surface area contributed by atoms with Gasteiger partial charge in [0.05, 0.1) is 20.6 Å². The third kappa shape index (κ3) is 3.85. The highest BCUT2D eigenvalue weighted by Gasteiger charge is 2.26. The lowest BCUT2D eigenvalue weighted by molar-refractivity contribution is -0.140. The Hall–Kier alpha value is -1.80. The summed E-state index contributed by atoms with van der Waals surface area (Å²) >= 11 is 0. The monoisotopic (exact) mass is 316 g/mol. The third-order valence-electron chi connectivity index (χ3n) is 3.10. The summed E-state index contributed by atoms with van der Waals surface area (Å²) in [6.45, 7) is 1.77. The zero-order chi connectivity index (χ0) is 16.2. The number of ether oxygens (including phenoxy) is 2. The first-order valence-corrected chi connectivity index (χ1v) is 7.65. The molecule has 0 aliphatic heterocycles. The highest BCUT2D eigenvalue weighted by molar-refractivity contribution is 7.89. The first-order valence-electron chi connectivity index (χ1n) is 6.21. The Labute approximate surface area is 124 Å². The number of nitrogens with zero attached hydrogens (tertiary/aromatic N) is 1. The lowest BCUT2D eigenvalue weighted by atomic mass is 10.2. The Balaban J connectivity index is 3.12. The lowest BCUT2D eigenvalue weighted by Gasteiger charge is -2.19. The predicted octanol–water partition coefficient (Wildman–Crippen LogP) is 0.769. The number of anilines is 1. The summed E-state index contributed by atoms with van der Waals surface area (Å²) in [5.41, 5.74) is 6.85. The number of aryl methyl sites for hydroxylation is 1. The number of sulfonamides is 1. The van der Waals surface area contributed by atoms with Gasteiger partial charge in [-0.25, -0.2) is 12.7 Å². The highest BCUT2D eigenvalue weighted by Crippen LogP contribution is 2.30. The second-order valence-electron chi connectivity index (χ2n) is 4.51. The van der Waals surface area contributed by atoms with Crippen molar-refractivity contribution in [2.75, 3.05) is 33.5 Å². The van der Waals surface area contributed by atoms with Crippen molar-refractivity contribution in [2.45, 2.75) is 18.2 Å². The van der Waals surface area contributed by atoms with E-state index >= 15 is 0 Å². The fourth-order valence-corrected chi connectivity index (χ4v) is 3.02. The van der Waals surface area contributed by atoms with Crippen molar-refractivity contribution in [1.29, 1.82) is 0 Å². The number of carbonyl (C=O) groups excluding carboxylic acids is 1. The molecule has 0 saturated carbocycles. The number of methoxy groups -OCH3 is 2. The first kappa shape index (κ1) is 17.3. The maximum atomic E-state index is 12.5. The second-order valence-corrected chi connectivity index (χ2v) is 6.53. The molecule has 0 aromatic heterocycles. The average Bonchev–Trinajstić information content (AvgIpc) is 2.46. The Morgan fingerprint density at radius 2 is 1.95 bits per heavy atom. The summed E-state index contributed by atoms with van der Waals surface area (Å²) in [5, 5.41) is 0. The molecule has 7 nitrogen and oxygen atoms in total. The summed E-state index contributed by atoms with van der Waals surface area (Å²) in [4.78, 5) is 11.1. The number of nitrogen functional groups attached to an aromatic ring is 1. The molecule has 0 atom stereocenters. The Morgan fingerprint density at radius 1 is 1.33 bits per heavy atom. The largest absolute Gasteiger partial charge is 0.495 e. The SMILES string of the molecule is COC(=O)CCN(C)S(=O)(=O)c1cc(N)c(C)cc1OC. The molecule has 0 saturated heterocycles. The molecule has 0 spiro atoms. The molecule has 0 bridgehead atoms. The fraction of sp³-hybridized carbons (Fsp3) is 0.462. The zero-order valence-electron chi connectivity index (χ0n) is 12.5. The van der Waals surface area contributed by atoms with Crippen LogP contribution in [0.25, 0.3) is 0 Å². The van der Waals surface area contributed by atoms with Crippen LogP contribution in [-0.4, -0.2) is 46.5 Å². The third-order valence-corrected chi connectivity index (χ3v) is 4.98. The predicted molar refractivity (Wildman–Crippen MR) is 78.6 cm³/mol. The molecule has 0 amide bonds. The molecular formula is C13H20N2O5S. The van der Waals surface area contributed by atoms with Gasteiger partial charge in [0.1, 0.15) is 10.6 Å². The molecule has 0 aliphatic rings. The molecule has 0 heterocycles. The van der Waals surface area contributed by atoms with Crippen molar-refractivity contribution >= 4 is 21.7 Å². The van der Waals surface area contributed by atoms with Gasteiger partial charge in [0.2, 0.25) is 10.0 Å². The summed E-state index contributed by atoms with van der Waals surface area (Å²) < 4.78 is 35.7. The van der Waals surface area contributed by atoms with Crippen LogP contribution in [0.15, 0.2) is 17.0 Å². The van der Waals surface area contributed by atoms with Crippen molar-refractivity contribution < 1.29 is 22.7 Å².